The molecule has 0 N–H and O–H groups in total. The van der Waals surface area contributed by atoms with Crippen molar-refractivity contribution in [2.75, 3.05) is 6.61 Å². The van der Waals surface area contributed by atoms with Gasteiger partial charge in [0.15, 0.2) is 0 Å². The van der Waals surface area contributed by atoms with Gasteiger partial charge in [-0.1, -0.05) is 12.1 Å². The van der Waals surface area contributed by atoms with Crippen LogP contribution >= 0.6 is 0 Å². The van der Waals surface area contributed by atoms with Gasteiger partial charge in [0.2, 0.25) is 5.89 Å². The van der Waals surface area contributed by atoms with E-state index in [0.29, 0.717) is 30.0 Å². The fraction of sp³-hybridized carbons (Fsp3) is 0.318. The number of hydrogen-bond donors (Lipinski definition) is 0. The summed E-state index contributed by atoms with van der Waals surface area (Å²) in [6.07, 6.45) is 4.21. The average Bonchev–Trinajstić information content (AvgIpc) is 3.24. The van der Waals surface area contributed by atoms with Crippen molar-refractivity contribution < 1.29 is 13.5 Å². The Bertz CT molecular complexity index is 945. The maximum absolute atomic E-state index is 13.8. The molecule has 0 amide bonds. The van der Waals surface area contributed by atoms with E-state index in [9.17, 15) is 4.39 Å². The van der Waals surface area contributed by atoms with E-state index in [1.165, 1.54) is 30.0 Å². The lowest BCUT2D eigenvalue weighted by atomic mass is 10.1. The predicted molar refractivity (Wildman–Crippen MR) is 99.0 cm³/mol. The van der Waals surface area contributed by atoms with Crippen molar-refractivity contribution in [3.8, 4) is 17.2 Å². The summed E-state index contributed by atoms with van der Waals surface area (Å²) in [5.74, 6) is 1.86. The molecule has 1 aliphatic carbocycles. The smallest absolute Gasteiger partial charge is 0.226 e. The first kappa shape index (κ1) is 16.8. The van der Waals surface area contributed by atoms with Crippen LogP contribution < -0.4 is 4.74 Å². The molecule has 3 aromatic rings. The maximum atomic E-state index is 13.8. The van der Waals surface area contributed by atoms with Crippen LogP contribution in [0.3, 0.4) is 0 Å². The monoisotopic (exact) mass is 351 g/mol. The third-order valence-corrected chi connectivity index (χ3v) is 4.99. The van der Waals surface area contributed by atoms with Gasteiger partial charge in [0, 0.05) is 12.0 Å². The van der Waals surface area contributed by atoms with Gasteiger partial charge in [-0.15, -0.1) is 0 Å². The van der Waals surface area contributed by atoms with Crippen molar-refractivity contribution in [1.29, 1.82) is 0 Å². The molecule has 0 aliphatic heterocycles. The van der Waals surface area contributed by atoms with Crippen molar-refractivity contribution in [1.82, 2.24) is 4.98 Å². The first-order valence-corrected chi connectivity index (χ1v) is 9.07. The minimum absolute atomic E-state index is 0.250. The van der Waals surface area contributed by atoms with E-state index in [1.54, 1.807) is 13.0 Å². The van der Waals surface area contributed by atoms with E-state index in [0.717, 1.165) is 23.6 Å². The van der Waals surface area contributed by atoms with Crippen molar-refractivity contribution >= 4 is 0 Å². The molecule has 26 heavy (non-hydrogen) atoms. The quantitative estimate of drug-likeness (QED) is 0.633. The molecule has 4 rings (SSSR count). The highest BCUT2D eigenvalue weighted by molar-refractivity contribution is 5.54. The lowest BCUT2D eigenvalue weighted by Crippen LogP contribution is -2.03. The highest BCUT2D eigenvalue weighted by Gasteiger charge is 2.14. The number of ether oxygens (including phenoxy) is 1. The summed E-state index contributed by atoms with van der Waals surface area (Å²) in [5, 5.41) is 0. The van der Waals surface area contributed by atoms with Crippen LogP contribution in [-0.2, 0) is 19.3 Å². The second kappa shape index (κ2) is 6.94. The second-order valence-electron chi connectivity index (χ2n) is 6.87. The van der Waals surface area contributed by atoms with Gasteiger partial charge in [-0.25, -0.2) is 9.37 Å². The highest BCUT2D eigenvalue weighted by atomic mass is 19.1. The summed E-state index contributed by atoms with van der Waals surface area (Å²) in [7, 11) is 0. The number of hydrogen-bond acceptors (Lipinski definition) is 3. The van der Waals surface area contributed by atoms with Crippen LogP contribution in [0.1, 0.15) is 34.6 Å². The van der Waals surface area contributed by atoms with Gasteiger partial charge in [0.05, 0.1) is 12.3 Å². The van der Waals surface area contributed by atoms with Crippen molar-refractivity contribution in [3.63, 3.8) is 0 Å². The molecule has 4 heteroatoms. The van der Waals surface area contributed by atoms with Crippen LogP contribution in [-0.4, -0.2) is 11.6 Å². The maximum Gasteiger partial charge on any atom is 0.226 e. The first-order valence-electron chi connectivity index (χ1n) is 9.07. The number of nitrogens with zero attached hydrogens (tertiary/aromatic N) is 1. The topological polar surface area (TPSA) is 35.3 Å². The van der Waals surface area contributed by atoms with E-state index in [4.69, 9.17) is 9.15 Å². The fourth-order valence-electron chi connectivity index (χ4n) is 3.41. The molecule has 1 heterocycles. The Hall–Kier alpha value is -2.62. The molecule has 0 unspecified atom stereocenters. The molecule has 1 aliphatic rings. The summed E-state index contributed by atoms with van der Waals surface area (Å²) in [5.41, 5.74) is 4.97. The minimum atomic E-state index is -0.250. The number of halogens is 1. The van der Waals surface area contributed by atoms with Gasteiger partial charge >= 0.3 is 0 Å². The van der Waals surface area contributed by atoms with Crippen LogP contribution in [0.2, 0.25) is 0 Å². The SMILES string of the molecule is Cc1ccc(-c2nc(CCOc3ccc4c(c3)CCC4)c(C)o2)cc1F. The number of aromatic nitrogens is 1. The van der Waals surface area contributed by atoms with Crippen molar-refractivity contribution in [3.05, 3.63) is 70.4 Å². The van der Waals surface area contributed by atoms with Crippen LogP contribution in [0.4, 0.5) is 4.39 Å². The molecule has 0 spiro atoms. The predicted octanol–water partition coefficient (Wildman–Crippen LogP) is 5.21. The second-order valence-corrected chi connectivity index (χ2v) is 6.87. The third-order valence-electron chi connectivity index (χ3n) is 4.99. The molecule has 3 nitrogen and oxygen atoms in total. The van der Waals surface area contributed by atoms with Gasteiger partial charge in [0.25, 0.3) is 0 Å². The summed E-state index contributed by atoms with van der Waals surface area (Å²) >= 11 is 0. The summed E-state index contributed by atoms with van der Waals surface area (Å²) < 4.78 is 25.4. The van der Waals surface area contributed by atoms with E-state index < -0.39 is 0 Å². The molecule has 0 radical (unpaired) electrons. The van der Waals surface area contributed by atoms with Crippen LogP contribution in [0.25, 0.3) is 11.5 Å². The fourth-order valence-corrected chi connectivity index (χ4v) is 3.41. The Labute approximate surface area is 152 Å². The van der Waals surface area contributed by atoms with E-state index in [-0.39, 0.29) is 5.82 Å². The van der Waals surface area contributed by atoms with Gasteiger partial charge in [-0.3, -0.25) is 0 Å². The molecule has 2 aromatic carbocycles. The Kier molecular flexibility index (Phi) is 4.49. The zero-order chi connectivity index (χ0) is 18.1. The molecule has 0 bridgehead atoms. The van der Waals surface area contributed by atoms with Gasteiger partial charge in [-0.05, 0) is 74.1 Å². The first-order chi connectivity index (χ1) is 12.6. The third kappa shape index (κ3) is 3.36. The van der Waals surface area contributed by atoms with Gasteiger partial charge in [0.1, 0.15) is 17.3 Å². The molecule has 0 saturated heterocycles. The zero-order valence-electron chi connectivity index (χ0n) is 15.1. The number of rotatable bonds is 5. The largest absolute Gasteiger partial charge is 0.493 e. The summed E-state index contributed by atoms with van der Waals surface area (Å²) in [6, 6.07) is 11.4. The van der Waals surface area contributed by atoms with Crippen LogP contribution in [0.5, 0.6) is 5.75 Å². The Morgan fingerprint density at radius 2 is 1.92 bits per heavy atom. The van der Waals surface area contributed by atoms with E-state index in [2.05, 4.69) is 17.1 Å². The molecule has 134 valence electrons. The lowest BCUT2D eigenvalue weighted by molar-refractivity contribution is 0.319. The zero-order valence-corrected chi connectivity index (χ0v) is 15.1. The van der Waals surface area contributed by atoms with E-state index in [1.807, 2.05) is 19.1 Å². The molecular formula is C22H22FNO2. The molecule has 0 saturated carbocycles. The molecule has 0 fully saturated rings. The van der Waals surface area contributed by atoms with Crippen LogP contribution in [0.15, 0.2) is 40.8 Å². The number of fused-ring (bicyclic) bond motifs is 1. The average molecular weight is 351 g/mol. The normalized spacial score (nSPS) is 13.0. The Morgan fingerprint density at radius 3 is 2.77 bits per heavy atom. The van der Waals surface area contributed by atoms with Crippen molar-refractivity contribution in [2.24, 2.45) is 0 Å². The number of aryl methyl sites for hydroxylation is 4. The van der Waals surface area contributed by atoms with Crippen LogP contribution in [0, 0.1) is 19.7 Å². The molecule has 1 aromatic heterocycles. The Morgan fingerprint density at radius 1 is 1.08 bits per heavy atom. The van der Waals surface area contributed by atoms with Crippen molar-refractivity contribution in [2.45, 2.75) is 39.5 Å². The summed E-state index contributed by atoms with van der Waals surface area (Å²) in [4.78, 5) is 4.53. The minimum Gasteiger partial charge on any atom is -0.493 e. The lowest BCUT2D eigenvalue weighted by Gasteiger charge is -2.07. The Balaban J connectivity index is 1.42. The molecule has 0 atom stereocenters. The molecular weight excluding hydrogens is 329 g/mol. The standard InChI is InChI=1S/C22H22FNO2/c1-14-6-7-18(13-20(14)23)22-24-21(15(2)26-22)10-11-25-19-9-8-16-4-3-5-17(16)12-19/h6-9,12-13H,3-5,10-11H2,1-2H3. The van der Waals surface area contributed by atoms with Gasteiger partial charge < -0.3 is 9.15 Å². The van der Waals surface area contributed by atoms with Gasteiger partial charge in [-0.2, -0.15) is 0 Å². The van der Waals surface area contributed by atoms with E-state index >= 15 is 0 Å². The highest BCUT2D eigenvalue weighted by Crippen LogP contribution is 2.27. The number of oxazole rings is 1. The number of benzene rings is 2. The summed E-state index contributed by atoms with van der Waals surface area (Å²) in [6.45, 7) is 4.15.